The summed E-state index contributed by atoms with van der Waals surface area (Å²) in [5, 5.41) is 4.19. The van der Waals surface area contributed by atoms with Crippen molar-refractivity contribution in [2.24, 2.45) is 0 Å². The lowest BCUT2D eigenvalue weighted by Gasteiger charge is -2.42. The summed E-state index contributed by atoms with van der Waals surface area (Å²) in [5.74, 6) is 0.137. The van der Waals surface area contributed by atoms with Crippen molar-refractivity contribution in [2.75, 3.05) is 19.7 Å². The number of carbonyl (C=O) groups is 1. The molecular formula is C12H17N3O2. The Morgan fingerprint density at radius 2 is 2.35 bits per heavy atom. The van der Waals surface area contributed by atoms with Gasteiger partial charge in [-0.15, -0.1) is 0 Å². The van der Waals surface area contributed by atoms with Crippen molar-refractivity contribution in [3.05, 3.63) is 18.5 Å². The number of nitrogens with zero attached hydrogens (tertiary/aromatic N) is 3. The Kier molecular flexibility index (Phi) is 2.43. The Balaban J connectivity index is 1.60. The second-order valence-electron chi connectivity index (χ2n) is 5.03. The average Bonchev–Trinajstić information content (AvgIpc) is 2.87. The van der Waals surface area contributed by atoms with Gasteiger partial charge in [0, 0.05) is 32.1 Å². The van der Waals surface area contributed by atoms with Crippen molar-refractivity contribution in [2.45, 2.75) is 31.4 Å². The molecule has 0 radical (unpaired) electrons. The fourth-order valence-electron chi connectivity index (χ4n) is 2.57. The number of hydrogen-bond acceptors (Lipinski definition) is 3. The highest BCUT2D eigenvalue weighted by Gasteiger charge is 2.44. The van der Waals surface area contributed by atoms with Gasteiger partial charge in [-0.2, -0.15) is 5.10 Å². The van der Waals surface area contributed by atoms with E-state index in [1.54, 1.807) is 6.20 Å². The molecule has 0 aliphatic carbocycles. The minimum Gasteiger partial charge on any atom is -0.365 e. The van der Waals surface area contributed by atoms with Gasteiger partial charge in [0.05, 0.1) is 6.04 Å². The van der Waals surface area contributed by atoms with Gasteiger partial charge in [-0.1, -0.05) is 0 Å². The highest BCUT2D eigenvalue weighted by molar-refractivity contribution is 5.85. The SMILES string of the molecule is C[C@]1(C(=O)N2CC(n3cccn3)C2)CCCO1. The first-order valence-corrected chi connectivity index (χ1v) is 6.11. The number of aromatic nitrogens is 2. The molecule has 1 amide bonds. The Bertz CT molecular complexity index is 403. The van der Waals surface area contributed by atoms with E-state index in [-0.39, 0.29) is 5.91 Å². The topological polar surface area (TPSA) is 47.4 Å². The number of ether oxygens (including phenoxy) is 1. The molecule has 2 saturated heterocycles. The molecule has 1 atom stereocenters. The largest absolute Gasteiger partial charge is 0.365 e. The van der Waals surface area contributed by atoms with Crippen molar-refractivity contribution in [3.63, 3.8) is 0 Å². The first-order valence-electron chi connectivity index (χ1n) is 6.11. The second-order valence-corrected chi connectivity index (χ2v) is 5.03. The molecule has 17 heavy (non-hydrogen) atoms. The molecule has 1 aromatic heterocycles. The van der Waals surface area contributed by atoms with E-state index >= 15 is 0 Å². The van der Waals surface area contributed by atoms with Gasteiger partial charge in [0.25, 0.3) is 5.91 Å². The lowest BCUT2D eigenvalue weighted by Crippen LogP contribution is -2.57. The molecule has 0 saturated carbocycles. The molecular weight excluding hydrogens is 218 g/mol. The number of carbonyl (C=O) groups excluding carboxylic acids is 1. The third-order valence-corrected chi connectivity index (χ3v) is 3.72. The predicted molar refractivity (Wildman–Crippen MR) is 61.4 cm³/mol. The Hall–Kier alpha value is -1.36. The summed E-state index contributed by atoms with van der Waals surface area (Å²) in [6.45, 7) is 4.11. The molecule has 3 heterocycles. The molecule has 0 N–H and O–H groups in total. The van der Waals surface area contributed by atoms with Crippen molar-refractivity contribution < 1.29 is 9.53 Å². The molecule has 0 bridgehead atoms. The van der Waals surface area contributed by atoms with Crippen LogP contribution in [0, 0.1) is 0 Å². The Morgan fingerprint density at radius 1 is 1.53 bits per heavy atom. The van der Waals surface area contributed by atoms with Crippen LogP contribution >= 0.6 is 0 Å². The first kappa shape index (κ1) is 10.8. The van der Waals surface area contributed by atoms with Crippen molar-refractivity contribution in [1.29, 1.82) is 0 Å². The van der Waals surface area contributed by atoms with Crippen LogP contribution in [0.15, 0.2) is 18.5 Å². The van der Waals surface area contributed by atoms with Crippen LogP contribution in [0.25, 0.3) is 0 Å². The zero-order chi connectivity index (χ0) is 11.9. The van der Waals surface area contributed by atoms with Crippen LogP contribution in [0.4, 0.5) is 0 Å². The van der Waals surface area contributed by atoms with Gasteiger partial charge in [-0.3, -0.25) is 9.48 Å². The van der Waals surface area contributed by atoms with E-state index in [9.17, 15) is 4.79 Å². The van der Waals surface area contributed by atoms with Crippen molar-refractivity contribution >= 4 is 5.91 Å². The molecule has 5 heteroatoms. The highest BCUT2D eigenvalue weighted by atomic mass is 16.5. The number of likely N-dealkylation sites (tertiary alicyclic amines) is 1. The molecule has 5 nitrogen and oxygen atoms in total. The third-order valence-electron chi connectivity index (χ3n) is 3.72. The van der Waals surface area contributed by atoms with Crippen LogP contribution in [0.5, 0.6) is 0 Å². The normalized spacial score (nSPS) is 29.4. The Labute approximate surface area is 100 Å². The molecule has 0 aromatic carbocycles. The summed E-state index contributed by atoms with van der Waals surface area (Å²) < 4.78 is 7.49. The average molecular weight is 235 g/mol. The van der Waals surface area contributed by atoms with E-state index in [2.05, 4.69) is 5.10 Å². The zero-order valence-electron chi connectivity index (χ0n) is 10.0. The summed E-state index contributed by atoms with van der Waals surface area (Å²) in [6.07, 6.45) is 5.54. The van der Waals surface area contributed by atoms with Gasteiger partial charge in [0.2, 0.25) is 0 Å². The van der Waals surface area contributed by atoms with E-state index in [0.717, 1.165) is 25.9 Å². The number of hydrogen-bond donors (Lipinski definition) is 0. The highest BCUT2D eigenvalue weighted by Crippen LogP contribution is 2.31. The van der Waals surface area contributed by atoms with Crippen LogP contribution in [0.3, 0.4) is 0 Å². The molecule has 0 spiro atoms. The summed E-state index contributed by atoms with van der Waals surface area (Å²) in [6, 6.07) is 2.24. The van der Waals surface area contributed by atoms with E-state index in [0.29, 0.717) is 12.6 Å². The second kappa shape index (κ2) is 3.84. The predicted octanol–water partition coefficient (Wildman–Crippen LogP) is 0.835. The molecule has 3 rings (SSSR count). The van der Waals surface area contributed by atoms with Crippen LogP contribution < -0.4 is 0 Å². The quantitative estimate of drug-likeness (QED) is 0.763. The van der Waals surface area contributed by atoms with Gasteiger partial charge >= 0.3 is 0 Å². The van der Waals surface area contributed by atoms with Crippen LogP contribution in [0.1, 0.15) is 25.8 Å². The lowest BCUT2D eigenvalue weighted by atomic mass is 9.97. The Morgan fingerprint density at radius 3 is 2.94 bits per heavy atom. The van der Waals surface area contributed by atoms with E-state index in [1.165, 1.54) is 0 Å². The molecule has 2 aliphatic heterocycles. The summed E-state index contributed by atoms with van der Waals surface area (Å²) in [4.78, 5) is 14.1. The van der Waals surface area contributed by atoms with Gasteiger partial charge in [0.15, 0.2) is 0 Å². The summed E-state index contributed by atoms with van der Waals surface area (Å²) >= 11 is 0. The molecule has 92 valence electrons. The minimum absolute atomic E-state index is 0.137. The monoisotopic (exact) mass is 235 g/mol. The molecule has 2 fully saturated rings. The number of amides is 1. The standard InChI is InChI=1S/C12H17N3O2/c1-12(4-2-7-17-12)11(16)14-8-10(9-14)15-6-3-5-13-15/h3,5-6,10H,2,4,7-9H2,1H3/t12-/m1/s1. The molecule has 0 unspecified atom stereocenters. The number of rotatable bonds is 2. The summed E-state index contributed by atoms with van der Waals surface area (Å²) in [7, 11) is 0. The van der Waals surface area contributed by atoms with E-state index < -0.39 is 5.60 Å². The molecule has 2 aliphatic rings. The smallest absolute Gasteiger partial charge is 0.254 e. The van der Waals surface area contributed by atoms with Crippen LogP contribution in [0.2, 0.25) is 0 Å². The fourth-order valence-corrected chi connectivity index (χ4v) is 2.57. The lowest BCUT2D eigenvalue weighted by molar-refractivity contribution is -0.157. The maximum atomic E-state index is 12.2. The van der Waals surface area contributed by atoms with Gasteiger partial charge in [0.1, 0.15) is 5.60 Å². The van der Waals surface area contributed by atoms with E-state index in [1.807, 2.05) is 28.8 Å². The van der Waals surface area contributed by atoms with Crippen LogP contribution in [-0.2, 0) is 9.53 Å². The van der Waals surface area contributed by atoms with E-state index in [4.69, 9.17) is 4.74 Å². The summed E-state index contributed by atoms with van der Waals surface area (Å²) in [5.41, 5.74) is -0.574. The van der Waals surface area contributed by atoms with Gasteiger partial charge in [-0.05, 0) is 25.8 Å². The van der Waals surface area contributed by atoms with Crippen molar-refractivity contribution in [3.8, 4) is 0 Å². The van der Waals surface area contributed by atoms with Crippen molar-refractivity contribution in [1.82, 2.24) is 14.7 Å². The van der Waals surface area contributed by atoms with Gasteiger partial charge in [-0.25, -0.2) is 0 Å². The maximum absolute atomic E-state index is 12.2. The first-order chi connectivity index (χ1) is 8.19. The van der Waals surface area contributed by atoms with Gasteiger partial charge < -0.3 is 9.64 Å². The minimum atomic E-state index is -0.574. The molecule has 1 aromatic rings. The fraction of sp³-hybridized carbons (Fsp3) is 0.667. The third kappa shape index (κ3) is 1.74. The van der Waals surface area contributed by atoms with Crippen LogP contribution in [-0.4, -0.2) is 45.9 Å². The maximum Gasteiger partial charge on any atom is 0.254 e. The zero-order valence-corrected chi connectivity index (χ0v) is 10.0.